The molecule has 5 saturated carbocycles. The predicted octanol–water partition coefficient (Wildman–Crippen LogP) is 3.47. The van der Waals surface area contributed by atoms with Crippen molar-refractivity contribution in [2.75, 3.05) is 6.61 Å². The van der Waals surface area contributed by atoms with Crippen molar-refractivity contribution < 1.29 is 64.3 Å². The molecule has 2 saturated heterocycles. The van der Waals surface area contributed by atoms with Crippen molar-refractivity contribution in [2.45, 2.75) is 167 Å². The van der Waals surface area contributed by atoms with E-state index in [4.69, 9.17) is 18.9 Å². The molecule has 2 aliphatic heterocycles. The van der Waals surface area contributed by atoms with E-state index in [1.54, 1.807) is 0 Å². The summed E-state index contributed by atoms with van der Waals surface area (Å²) in [5, 5.41) is 73.6. The van der Waals surface area contributed by atoms with E-state index in [9.17, 15) is 45.3 Å². The summed E-state index contributed by atoms with van der Waals surface area (Å²) in [5.74, 6) is -0.843. The Hall–Kier alpha value is -1.68. The number of aliphatic hydroxyl groups excluding tert-OH is 5. The van der Waals surface area contributed by atoms with Gasteiger partial charge in [-0.3, -0.25) is 4.79 Å². The van der Waals surface area contributed by atoms with Gasteiger partial charge in [0.1, 0.15) is 36.6 Å². The molecule has 19 atom stereocenters. The zero-order valence-corrected chi connectivity index (χ0v) is 32.7. The second kappa shape index (κ2) is 13.7. The molecule has 7 rings (SSSR count). The highest BCUT2D eigenvalue weighted by atomic mass is 16.7. The van der Waals surface area contributed by atoms with Crippen molar-refractivity contribution in [2.24, 2.45) is 56.7 Å². The van der Waals surface area contributed by atoms with Crippen LogP contribution >= 0.6 is 0 Å². The first-order valence-electron chi connectivity index (χ1n) is 20.3. The number of carboxylic acids is 2. The first-order chi connectivity index (χ1) is 25.2. The Morgan fingerprint density at radius 3 is 2.07 bits per heavy atom. The van der Waals surface area contributed by atoms with Crippen LogP contribution in [0.15, 0.2) is 12.2 Å². The van der Waals surface area contributed by atoms with Gasteiger partial charge in [0.25, 0.3) is 0 Å². The zero-order valence-electron chi connectivity index (χ0n) is 32.7. The van der Waals surface area contributed by atoms with Crippen LogP contribution in [0.25, 0.3) is 0 Å². The quantitative estimate of drug-likeness (QED) is 0.146. The minimum atomic E-state index is -1.86. The van der Waals surface area contributed by atoms with E-state index in [-0.39, 0.29) is 40.6 Å². The van der Waals surface area contributed by atoms with Crippen LogP contribution in [0.5, 0.6) is 0 Å². The molecule has 0 unspecified atom stereocenters. The maximum Gasteiger partial charge on any atom is 0.335 e. The lowest BCUT2D eigenvalue weighted by atomic mass is 9.32. The molecular formula is C41H64O13. The van der Waals surface area contributed by atoms with Crippen LogP contribution < -0.4 is 0 Å². The fourth-order valence-electron chi connectivity index (χ4n) is 14.3. The monoisotopic (exact) mass is 764 g/mol. The van der Waals surface area contributed by atoms with Gasteiger partial charge in [-0.2, -0.15) is 0 Å². The van der Waals surface area contributed by atoms with Crippen LogP contribution in [0.1, 0.15) is 106 Å². The summed E-state index contributed by atoms with van der Waals surface area (Å²) >= 11 is 0. The van der Waals surface area contributed by atoms with E-state index in [1.807, 2.05) is 0 Å². The van der Waals surface area contributed by atoms with Gasteiger partial charge in [-0.1, -0.05) is 46.8 Å². The number of hydrogen-bond acceptors (Lipinski definition) is 11. The lowest BCUT2D eigenvalue weighted by molar-refractivity contribution is -0.357. The molecule has 7 N–H and O–H groups in total. The molecule has 0 radical (unpaired) electrons. The van der Waals surface area contributed by atoms with Crippen LogP contribution in [0.3, 0.4) is 0 Å². The number of carboxylic acid groups (broad SMARTS) is 2. The number of aliphatic carboxylic acids is 2. The fraction of sp³-hybridized carbons (Fsp3) is 0.902. The Morgan fingerprint density at radius 1 is 0.722 bits per heavy atom. The highest BCUT2D eigenvalue weighted by Gasteiger charge is 2.72. The maximum absolute atomic E-state index is 13.0. The van der Waals surface area contributed by atoms with E-state index >= 15 is 0 Å². The van der Waals surface area contributed by atoms with Crippen LogP contribution in [-0.2, 0) is 28.5 Å². The predicted molar refractivity (Wildman–Crippen MR) is 192 cm³/mol. The van der Waals surface area contributed by atoms with Gasteiger partial charge in [-0.15, -0.1) is 0 Å². The first-order valence-corrected chi connectivity index (χ1v) is 20.3. The van der Waals surface area contributed by atoms with Crippen LogP contribution in [0.4, 0.5) is 0 Å². The summed E-state index contributed by atoms with van der Waals surface area (Å²) in [5.41, 5.74) is -0.0478. The molecule has 0 bridgehead atoms. The van der Waals surface area contributed by atoms with E-state index in [0.717, 1.165) is 56.9 Å². The van der Waals surface area contributed by atoms with Crippen molar-refractivity contribution in [1.29, 1.82) is 0 Å². The van der Waals surface area contributed by atoms with Gasteiger partial charge in [0, 0.05) is 0 Å². The Bertz CT molecular complexity index is 1490. The fourth-order valence-corrected chi connectivity index (χ4v) is 14.3. The van der Waals surface area contributed by atoms with Gasteiger partial charge in [-0.05, 0) is 122 Å². The smallest absolute Gasteiger partial charge is 0.335 e. The summed E-state index contributed by atoms with van der Waals surface area (Å²) < 4.78 is 23.4. The highest BCUT2D eigenvalue weighted by Crippen LogP contribution is 2.77. The second-order valence-corrected chi connectivity index (χ2v) is 19.7. The lowest BCUT2D eigenvalue weighted by Gasteiger charge is -2.73. The standard InChI is InChI=1S/C41H64O13/c1-19(2)20-10-15-41(36(49)50)17-16-39(6)21(26(20)41)8-9-24-38(5)13-12-25(37(3,4)23(38)11-14-40(24,39)7)52-35-30(46)31(29(45)32(54-35)33(47)48)53-34-28(44)27(43)22(42)18-51-34/h20-32,34-35,42-46H,1,8-18H2,2-7H3,(H,47,48)(H,49,50)/t20-,21+,22+,23-,24+,25-,26+,27-,28+,29-,30+,31-,32-,34-,35+,38-,39+,40+,41-/m0/s1. The van der Waals surface area contributed by atoms with Crippen LogP contribution in [-0.4, -0.2) is 116 Å². The molecule has 13 heteroatoms. The summed E-state index contributed by atoms with van der Waals surface area (Å²) in [6.45, 7) is 17.8. The average molecular weight is 765 g/mol. The Balaban J connectivity index is 1.11. The van der Waals surface area contributed by atoms with Gasteiger partial charge < -0.3 is 54.7 Å². The minimum Gasteiger partial charge on any atom is -0.481 e. The largest absolute Gasteiger partial charge is 0.481 e. The zero-order chi connectivity index (χ0) is 39.5. The molecule has 7 aliphatic rings. The number of ether oxygens (including phenoxy) is 4. The third-order valence-corrected chi connectivity index (χ3v) is 17.3. The maximum atomic E-state index is 13.0. The highest BCUT2D eigenvalue weighted by molar-refractivity contribution is 5.76. The van der Waals surface area contributed by atoms with Crippen molar-refractivity contribution in [3.63, 3.8) is 0 Å². The summed E-state index contributed by atoms with van der Waals surface area (Å²) in [6.07, 6.45) is -6.46. The van der Waals surface area contributed by atoms with E-state index in [0.29, 0.717) is 24.7 Å². The topological polar surface area (TPSA) is 213 Å². The Kier molecular flexibility index (Phi) is 10.3. The average Bonchev–Trinajstić information content (AvgIpc) is 3.50. The molecule has 0 aromatic carbocycles. The molecule has 0 aromatic rings. The third kappa shape index (κ3) is 5.72. The number of rotatable bonds is 7. The van der Waals surface area contributed by atoms with E-state index < -0.39 is 84.2 Å². The molecule has 0 amide bonds. The van der Waals surface area contributed by atoms with Gasteiger partial charge in [0.2, 0.25) is 0 Å². The first kappa shape index (κ1) is 40.5. The van der Waals surface area contributed by atoms with Crippen molar-refractivity contribution >= 4 is 11.9 Å². The summed E-state index contributed by atoms with van der Waals surface area (Å²) in [7, 11) is 0. The van der Waals surface area contributed by atoms with E-state index in [1.165, 1.54) is 0 Å². The molecular weight excluding hydrogens is 700 g/mol. The molecule has 7 fully saturated rings. The van der Waals surface area contributed by atoms with E-state index in [2.05, 4.69) is 48.1 Å². The number of allylic oxidation sites excluding steroid dienone is 1. The number of carbonyl (C=O) groups is 2. The molecule has 13 nitrogen and oxygen atoms in total. The van der Waals surface area contributed by atoms with Gasteiger partial charge in [0.15, 0.2) is 18.7 Å². The molecule has 2 heterocycles. The van der Waals surface area contributed by atoms with Crippen molar-refractivity contribution in [3.05, 3.63) is 12.2 Å². The number of aliphatic hydroxyl groups is 5. The lowest BCUT2D eigenvalue weighted by Crippen LogP contribution is -2.68. The molecule has 0 aromatic heterocycles. The van der Waals surface area contributed by atoms with Gasteiger partial charge >= 0.3 is 11.9 Å². The molecule has 0 spiro atoms. The van der Waals surface area contributed by atoms with Crippen LogP contribution in [0.2, 0.25) is 0 Å². The SMILES string of the molecule is C=C(C)[C@@H]1CC[C@]2(C(=O)O)CC[C@]3(C)[C@H](CC[C@@H]4[C@@]5(C)CC[C@H](O[C@@H]6O[C@H](C(=O)O)[C@@H](O)[C@H](O[C@@H]7OC[C@@H](O)[C@H](O)[C@H]7O)[C@H]6O)C(C)(C)[C@@H]5CC[C@]43C)[C@@H]12. The molecule has 306 valence electrons. The van der Waals surface area contributed by atoms with Crippen molar-refractivity contribution in [3.8, 4) is 0 Å². The normalized spacial score (nSPS) is 54.0. The second-order valence-electron chi connectivity index (χ2n) is 19.7. The number of hydrogen-bond donors (Lipinski definition) is 7. The van der Waals surface area contributed by atoms with Crippen molar-refractivity contribution in [1.82, 2.24) is 0 Å². The Labute approximate surface area is 318 Å². The summed E-state index contributed by atoms with van der Waals surface area (Å²) in [4.78, 5) is 25.3. The Morgan fingerprint density at radius 2 is 1.43 bits per heavy atom. The third-order valence-electron chi connectivity index (χ3n) is 17.3. The number of fused-ring (bicyclic) bond motifs is 7. The van der Waals surface area contributed by atoms with Gasteiger partial charge in [0.05, 0.1) is 18.1 Å². The minimum absolute atomic E-state index is 0.00524. The van der Waals surface area contributed by atoms with Crippen LogP contribution in [0, 0.1) is 56.7 Å². The molecule has 5 aliphatic carbocycles. The summed E-state index contributed by atoms with van der Waals surface area (Å²) in [6, 6.07) is 0. The molecule has 54 heavy (non-hydrogen) atoms. The van der Waals surface area contributed by atoms with Gasteiger partial charge in [-0.25, -0.2) is 4.79 Å².